The van der Waals surface area contributed by atoms with E-state index < -0.39 is 6.10 Å². The lowest BCUT2D eigenvalue weighted by molar-refractivity contribution is 0.0821. The molecule has 1 unspecified atom stereocenters. The molecule has 126 valence electrons. The summed E-state index contributed by atoms with van der Waals surface area (Å²) in [5.41, 5.74) is 0. The van der Waals surface area contributed by atoms with Crippen LogP contribution >= 0.6 is 24.0 Å². The highest BCUT2D eigenvalue weighted by Crippen LogP contribution is 2.31. The van der Waals surface area contributed by atoms with Crippen LogP contribution in [0.25, 0.3) is 0 Å². The molecule has 0 aliphatic carbocycles. The largest absolute Gasteiger partial charge is 0.487 e. The first-order chi connectivity index (χ1) is 10.5. The van der Waals surface area contributed by atoms with Gasteiger partial charge in [-0.3, -0.25) is 0 Å². The number of hydrogen-bond donors (Lipinski definition) is 1. The lowest BCUT2D eigenvalue weighted by atomic mass is 10.3. The highest BCUT2D eigenvalue weighted by Gasteiger charge is 2.10. The Balaban J connectivity index is 0.00000264. The second-order valence-electron chi connectivity index (χ2n) is 5.23. The third-order valence-electron chi connectivity index (χ3n) is 2.90. The summed E-state index contributed by atoms with van der Waals surface area (Å²) in [6, 6.07) is 14.5. The van der Waals surface area contributed by atoms with Crippen LogP contribution in [0.15, 0.2) is 48.5 Å². The number of rotatable bonds is 7. The average molecular weight is 358 g/mol. The minimum Gasteiger partial charge on any atom is -0.487 e. The fraction of sp³-hybridized carbons (Fsp3) is 0.294. The van der Waals surface area contributed by atoms with Crippen molar-refractivity contribution >= 4 is 24.0 Å². The minimum atomic E-state index is -0.557. The van der Waals surface area contributed by atoms with Gasteiger partial charge in [-0.05, 0) is 50.5 Å². The summed E-state index contributed by atoms with van der Waals surface area (Å²) in [5.74, 6) is 1.87. The van der Waals surface area contributed by atoms with Crippen molar-refractivity contribution < 1.29 is 14.6 Å². The Kier molecular flexibility index (Phi) is 8.20. The molecule has 0 aromatic heterocycles. The van der Waals surface area contributed by atoms with Gasteiger partial charge in [-0.2, -0.15) is 0 Å². The first kappa shape index (κ1) is 19.6. The quantitative estimate of drug-likeness (QED) is 0.816. The number of hydrogen-bond acceptors (Lipinski definition) is 4. The summed E-state index contributed by atoms with van der Waals surface area (Å²) >= 11 is 5.86. The SMILES string of the molecule is CN(C)CC(O)COc1ccccc1Oc1ccc(Cl)cc1.Cl. The molecule has 0 saturated heterocycles. The van der Waals surface area contributed by atoms with E-state index in [2.05, 4.69) is 0 Å². The molecule has 6 heteroatoms. The molecule has 0 radical (unpaired) electrons. The van der Waals surface area contributed by atoms with Crippen LogP contribution < -0.4 is 9.47 Å². The van der Waals surface area contributed by atoms with E-state index in [1.165, 1.54) is 0 Å². The first-order valence-electron chi connectivity index (χ1n) is 7.02. The molecule has 1 N–H and O–H groups in total. The second-order valence-corrected chi connectivity index (χ2v) is 5.67. The van der Waals surface area contributed by atoms with Gasteiger partial charge in [0.15, 0.2) is 11.5 Å². The summed E-state index contributed by atoms with van der Waals surface area (Å²) in [7, 11) is 3.81. The molecule has 4 nitrogen and oxygen atoms in total. The van der Waals surface area contributed by atoms with Gasteiger partial charge in [0, 0.05) is 11.6 Å². The van der Waals surface area contributed by atoms with E-state index in [0.717, 1.165) is 0 Å². The predicted molar refractivity (Wildman–Crippen MR) is 95.3 cm³/mol. The van der Waals surface area contributed by atoms with Crippen LogP contribution in [0.4, 0.5) is 0 Å². The summed E-state index contributed by atoms with van der Waals surface area (Å²) in [4.78, 5) is 1.91. The molecule has 0 bridgehead atoms. The molecule has 2 rings (SSSR count). The molecule has 0 fully saturated rings. The zero-order valence-corrected chi connectivity index (χ0v) is 14.7. The Morgan fingerprint density at radius 1 is 1.04 bits per heavy atom. The number of likely N-dealkylation sites (N-methyl/N-ethyl adjacent to an activating group) is 1. The van der Waals surface area contributed by atoms with Gasteiger partial charge in [0.1, 0.15) is 18.5 Å². The Morgan fingerprint density at radius 3 is 2.26 bits per heavy atom. The van der Waals surface area contributed by atoms with Gasteiger partial charge in [0.05, 0.1) is 0 Å². The molecule has 23 heavy (non-hydrogen) atoms. The van der Waals surface area contributed by atoms with E-state index in [4.69, 9.17) is 21.1 Å². The lowest BCUT2D eigenvalue weighted by Gasteiger charge is -2.18. The number of aliphatic hydroxyl groups is 1. The fourth-order valence-electron chi connectivity index (χ4n) is 1.94. The summed E-state index contributed by atoms with van der Waals surface area (Å²) in [6.45, 7) is 0.749. The maximum absolute atomic E-state index is 9.87. The van der Waals surface area contributed by atoms with Gasteiger partial charge >= 0.3 is 0 Å². The van der Waals surface area contributed by atoms with Gasteiger partial charge in [0.2, 0.25) is 0 Å². The van der Waals surface area contributed by atoms with Gasteiger partial charge in [-0.15, -0.1) is 12.4 Å². The molecule has 0 amide bonds. The lowest BCUT2D eigenvalue weighted by Crippen LogP contribution is -2.30. The van der Waals surface area contributed by atoms with Crippen LogP contribution in [0.1, 0.15) is 0 Å². The zero-order chi connectivity index (χ0) is 15.9. The summed E-state index contributed by atoms with van der Waals surface area (Å²) in [5, 5.41) is 10.5. The van der Waals surface area contributed by atoms with E-state index in [9.17, 15) is 5.11 Å². The highest BCUT2D eigenvalue weighted by molar-refractivity contribution is 6.30. The zero-order valence-electron chi connectivity index (χ0n) is 13.1. The Bertz CT molecular complexity index is 591. The molecule has 0 aliphatic heterocycles. The standard InChI is InChI=1S/C17H20ClNO3.ClH/c1-19(2)11-14(20)12-21-16-5-3-4-6-17(16)22-15-9-7-13(18)8-10-15;/h3-10,14,20H,11-12H2,1-2H3;1H. The van der Waals surface area contributed by atoms with Crippen molar-refractivity contribution in [1.82, 2.24) is 4.90 Å². The van der Waals surface area contributed by atoms with Crippen LogP contribution in [0.2, 0.25) is 5.02 Å². The molecule has 2 aromatic carbocycles. The summed E-state index contributed by atoms with van der Waals surface area (Å²) < 4.78 is 11.5. The van der Waals surface area contributed by atoms with Crippen LogP contribution in [0, 0.1) is 0 Å². The number of ether oxygens (including phenoxy) is 2. The highest BCUT2D eigenvalue weighted by atomic mass is 35.5. The molecule has 0 saturated carbocycles. The van der Waals surface area contributed by atoms with Crippen molar-refractivity contribution in [3.05, 3.63) is 53.6 Å². The molecule has 2 aromatic rings. The van der Waals surface area contributed by atoms with E-state index in [-0.39, 0.29) is 19.0 Å². The van der Waals surface area contributed by atoms with E-state index in [1.807, 2.05) is 43.3 Å². The predicted octanol–water partition coefficient (Wildman–Crippen LogP) is 3.86. The van der Waals surface area contributed by atoms with Gasteiger partial charge in [-0.1, -0.05) is 23.7 Å². The molecule has 0 heterocycles. The number of benzene rings is 2. The van der Waals surface area contributed by atoms with Crippen LogP contribution in [-0.4, -0.2) is 43.4 Å². The van der Waals surface area contributed by atoms with Gasteiger partial charge < -0.3 is 19.5 Å². The normalized spacial score (nSPS) is 11.7. The monoisotopic (exact) mass is 357 g/mol. The third kappa shape index (κ3) is 6.67. The van der Waals surface area contributed by atoms with Crippen molar-refractivity contribution in [3.8, 4) is 17.2 Å². The van der Waals surface area contributed by atoms with Gasteiger partial charge in [0.25, 0.3) is 0 Å². The van der Waals surface area contributed by atoms with Crippen LogP contribution in [0.3, 0.4) is 0 Å². The van der Waals surface area contributed by atoms with Crippen LogP contribution in [0.5, 0.6) is 17.2 Å². The third-order valence-corrected chi connectivity index (χ3v) is 3.15. The van der Waals surface area contributed by atoms with E-state index >= 15 is 0 Å². The second kappa shape index (κ2) is 9.63. The summed E-state index contributed by atoms with van der Waals surface area (Å²) in [6.07, 6.45) is -0.557. The molecule has 0 aliphatic rings. The van der Waals surface area contributed by atoms with Gasteiger partial charge in [-0.25, -0.2) is 0 Å². The molecular formula is C17H21Cl2NO3. The smallest absolute Gasteiger partial charge is 0.169 e. The van der Waals surface area contributed by atoms with Crippen LogP contribution in [-0.2, 0) is 0 Å². The van der Waals surface area contributed by atoms with Crippen molar-refractivity contribution in [2.24, 2.45) is 0 Å². The first-order valence-corrected chi connectivity index (χ1v) is 7.40. The Morgan fingerprint density at radius 2 is 1.65 bits per heavy atom. The maximum Gasteiger partial charge on any atom is 0.169 e. The van der Waals surface area contributed by atoms with E-state index in [1.54, 1.807) is 24.3 Å². The number of aliphatic hydroxyl groups excluding tert-OH is 1. The topological polar surface area (TPSA) is 41.9 Å². The number of para-hydroxylation sites is 2. The Labute approximate surface area is 148 Å². The van der Waals surface area contributed by atoms with Crippen molar-refractivity contribution in [1.29, 1.82) is 0 Å². The number of halogens is 2. The molecule has 0 spiro atoms. The van der Waals surface area contributed by atoms with Crippen molar-refractivity contribution in [3.63, 3.8) is 0 Å². The van der Waals surface area contributed by atoms with Crippen molar-refractivity contribution in [2.45, 2.75) is 6.10 Å². The number of nitrogens with zero attached hydrogens (tertiary/aromatic N) is 1. The van der Waals surface area contributed by atoms with E-state index in [0.29, 0.717) is 28.8 Å². The molecular weight excluding hydrogens is 337 g/mol. The molecule has 1 atom stereocenters. The maximum atomic E-state index is 9.87. The fourth-order valence-corrected chi connectivity index (χ4v) is 2.07. The van der Waals surface area contributed by atoms with Crippen molar-refractivity contribution in [2.75, 3.05) is 27.2 Å². The average Bonchev–Trinajstić information content (AvgIpc) is 2.48. The minimum absolute atomic E-state index is 0. The Hall–Kier alpha value is -1.46.